The molecule has 0 aliphatic heterocycles. The van der Waals surface area contributed by atoms with Gasteiger partial charge in [-0.15, -0.1) is 0 Å². The van der Waals surface area contributed by atoms with Crippen molar-refractivity contribution in [3.05, 3.63) is 138 Å². The zero-order chi connectivity index (χ0) is 74.6. The molecule has 0 fully saturated rings. The average Bonchev–Trinajstić information content (AvgIpc) is 0.674. The van der Waals surface area contributed by atoms with Crippen molar-refractivity contribution in [3.63, 3.8) is 0 Å². The van der Waals surface area contributed by atoms with Crippen LogP contribution in [0.1, 0.15) is 346 Å². The molecule has 0 aliphatic carbocycles. The number of aliphatic hydroxyl groups is 2. The van der Waals surface area contributed by atoms with E-state index in [-0.39, 0.29) is 6.61 Å². The largest absolute Gasteiger partial charge is 0.490 e. The third kappa shape index (κ3) is 36.3. The van der Waals surface area contributed by atoms with Crippen LogP contribution in [0.3, 0.4) is 0 Å². The lowest BCUT2D eigenvalue weighted by atomic mass is 9.46. The van der Waals surface area contributed by atoms with Crippen LogP contribution in [0.4, 0.5) is 0 Å². The third-order valence-electron chi connectivity index (χ3n) is 20.2. The first kappa shape index (κ1) is 93.3. The fourth-order valence-corrected chi connectivity index (χ4v) is 19.0. The SMILES string of the molecule is CCCCCCCCCCCCCOC(CCCCCCCCCCCCC)(CCCCCCCCCCCCC)C(CO)(C(CCCCCCCCCCCCC)(Oc1ccccc1)c1ccccc1)C(O)(c1ccccc1)c1ccccc1.O=P(O)(O)OP(=O)(O)OP(=O)(O)OP(=O)(O)O. The third-order valence-corrected chi connectivity index (χ3v) is 25.2. The number of ether oxygens (including phenoxy) is 2. The number of unbranched alkanes of at least 4 members (excludes halogenated alkanes) is 40. The molecule has 8 N–H and O–H groups in total. The minimum absolute atomic E-state index is 0.346. The van der Waals surface area contributed by atoms with Gasteiger partial charge in [0.25, 0.3) is 0 Å². The Labute approximate surface area is 617 Å². The highest BCUT2D eigenvalue weighted by atomic mass is 31.3. The molecule has 4 atom stereocenters. The summed E-state index contributed by atoms with van der Waals surface area (Å²) < 4.78 is 67.3. The number of hydrogen-bond acceptors (Lipinski definition) is 11. The molecule has 0 heterocycles. The summed E-state index contributed by atoms with van der Waals surface area (Å²) in [5.41, 5.74) is -3.07. The number of aliphatic hydroxyl groups excluding tert-OH is 1. The zero-order valence-electron chi connectivity index (χ0n) is 63.2. The fraction of sp³-hybridized carbons (Fsp3) is 0.704. The molecule has 4 unspecified atom stereocenters. The molecule has 0 saturated carbocycles. The number of rotatable bonds is 64. The van der Waals surface area contributed by atoms with Gasteiger partial charge in [-0.05, 0) is 60.9 Å². The second kappa shape index (κ2) is 53.8. The molecule has 102 heavy (non-hydrogen) atoms. The summed E-state index contributed by atoms with van der Waals surface area (Å²) in [6.07, 6.45) is 57.0. The van der Waals surface area contributed by atoms with E-state index in [1.807, 2.05) is 0 Å². The summed E-state index contributed by atoms with van der Waals surface area (Å²) >= 11 is 0. The predicted molar refractivity (Wildman–Crippen MR) is 416 cm³/mol. The Kier molecular flexibility index (Phi) is 49.3. The van der Waals surface area contributed by atoms with Gasteiger partial charge in [-0.3, -0.25) is 0 Å². The highest BCUT2D eigenvalue weighted by molar-refractivity contribution is 7.69. The van der Waals surface area contributed by atoms with E-state index in [4.69, 9.17) is 38.8 Å². The molecule has 0 amide bonds. The molecule has 0 bridgehead atoms. The first-order chi connectivity index (χ1) is 49.1. The standard InChI is InChI=1S/C81H132O4.H6O13P4/c1-5-9-13-17-21-25-29-33-37-41-57-69-78(70-58-42-38-34-30-26-22-18-14-10-6-2,84-72-60-44-40-36-32-28-24-20-16-12-8-4)80(73-82,81(83,75-63-51-46-52-64-75)76-65-53-47-54-66-76)79(74-61-49-45-50-62-74,85-77-67-55-48-56-68-77)71-59-43-39-35-31-27-23-19-15-11-7-3;1-14(2,3)11-16(7,8)13-17(9,10)12-15(4,5)6/h45-56,61-68,82-83H,5-44,57-60,69-73H2,1-4H3;(H,7,8)(H,9,10)(H2,1,2,3)(H2,4,5,6). The van der Waals surface area contributed by atoms with Crippen molar-refractivity contribution in [3.8, 4) is 5.75 Å². The van der Waals surface area contributed by atoms with Gasteiger partial charge in [0.05, 0.1) is 12.2 Å². The maximum absolute atomic E-state index is 15.5. The van der Waals surface area contributed by atoms with Gasteiger partial charge in [-0.25, -0.2) is 18.3 Å². The average molecular weight is 1510 g/mol. The van der Waals surface area contributed by atoms with Gasteiger partial charge in [0, 0.05) is 6.61 Å². The van der Waals surface area contributed by atoms with Crippen molar-refractivity contribution >= 4 is 31.3 Å². The summed E-state index contributed by atoms with van der Waals surface area (Å²) in [6.45, 7) is 9.45. The first-order valence-electron chi connectivity index (χ1n) is 39.9. The van der Waals surface area contributed by atoms with E-state index in [1.165, 1.54) is 225 Å². The highest BCUT2D eigenvalue weighted by Gasteiger charge is 2.74. The van der Waals surface area contributed by atoms with Gasteiger partial charge in [-0.2, -0.15) is 12.9 Å². The first-order valence-corrected chi connectivity index (χ1v) is 45.9. The Morgan fingerprint density at radius 1 is 0.314 bits per heavy atom. The highest BCUT2D eigenvalue weighted by Crippen LogP contribution is 2.70. The molecule has 0 aromatic heterocycles. The Hall–Kier alpha value is -2.88. The summed E-state index contributed by atoms with van der Waals surface area (Å²) in [7, 11) is -22.6. The van der Waals surface area contributed by atoms with Crippen molar-refractivity contribution in [2.24, 2.45) is 5.41 Å². The molecule has 4 aromatic rings. The van der Waals surface area contributed by atoms with Crippen LogP contribution >= 0.6 is 31.3 Å². The molecule has 4 aromatic carbocycles. The lowest BCUT2D eigenvalue weighted by Crippen LogP contribution is -2.74. The minimum atomic E-state index is -5.77. The normalized spacial score (nSPS) is 14.7. The number of para-hydroxylation sites is 1. The lowest BCUT2D eigenvalue weighted by molar-refractivity contribution is -0.303. The van der Waals surface area contributed by atoms with Crippen LogP contribution in [-0.4, -0.2) is 58.4 Å². The lowest BCUT2D eigenvalue weighted by Gasteiger charge is -2.65. The van der Waals surface area contributed by atoms with Crippen molar-refractivity contribution in [1.29, 1.82) is 0 Å². The van der Waals surface area contributed by atoms with Crippen molar-refractivity contribution < 1.29 is 80.2 Å². The van der Waals surface area contributed by atoms with E-state index in [2.05, 4.69) is 162 Å². The minimum Gasteiger partial charge on any atom is -0.482 e. The van der Waals surface area contributed by atoms with Crippen molar-refractivity contribution in [1.82, 2.24) is 0 Å². The second-order valence-electron chi connectivity index (χ2n) is 28.5. The second-order valence-corrected chi connectivity index (χ2v) is 34.3. The van der Waals surface area contributed by atoms with E-state index in [0.717, 1.165) is 80.2 Å². The molecule has 584 valence electrons. The molecule has 17 nitrogen and oxygen atoms in total. The van der Waals surface area contributed by atoms with Crippen molar-refractivity contribution in [2.75, 3.05) is 13.2 Å². The van der Waals surface area contributed by atoms with E-state index >= 15 is 5.11 Å². The molecule has 4 rings (SSSR count). The van der Waals surface area contributed by atoms with Crippen LogP contribution in [-0.2, 0) is 47.1 Å². The number of benzene rings is 4. The molecule has 21 heteroatoms. The summed E-state index contributed by atoms with van der Waals surface area (Å²) in [6, 6.07) is 42.3. The Morgan fingerprint density at radius 2 is 0.569 bits per heavy atom. The van der Waals surface area contributed by atoms with Gasteiger partial charge < -0.3 is 49.0 Å². The fourth-order valence-electron chi connectivity index (χ4n) is 15.1. The Morgan fingerprint density at radius 3 is 0.853 bits per heavy atom. The van der Waals surface area contributed by atoms with Gasteiger partial charge in [-0.1, -0.05) is 407 Å². The van der Waals surface area contributed by atoms with E-state index in [0.29, 0.717) is 25.9 Å². The molecular weight excluding hydrogens is 1370 g/mol. The topological polar surface area (TPSA) is 276 Å². The number of phosphoric acid groups is 4. The van der Waals surface area contributed by atoms with Crippen LogP contribution in [0.15, 0.2) is 121 Å². The molecule has 0 aliphatic rings. The van der Waals surface area contributed by atoms with Gasteiger partial charge in [0.15, 0.2) is 0 Å². The van der Waals surface area contributed by atoms with E-state index < -0.39 is 53.5 Å². The summed E-state index contributed by atoms with van der Waals surface area (Å²) in [5, 5.41) is 29.3. The molecule has 0 radical (unpaired) electrons. The van der Waals surface area contributed by atoms with Crippen LogP contribution in [0.25, 0.3) is 0 Å². The maximum atomic E-state index is 15.5. The smallest absolute Gasteiger partial charge is 0.482 e. The van der Waals surface area contributed by atoms with Crippen LogP contribution in [0.5, 0.6) is 5.75 Å². The number of hydrogen-bond donors (Lipinski definition) is 8. The zero-order valence-corrected chi connectivity index (χ0v) is 66.8. The van der Waals surface area contributed by atoms with Gasteiger partial charge >= 0.3 is 31.3 Å². The molecular formula is C81H138O17P4. The van der Waals surface area contributed by atoms with Crippen LogP contribution in [0, 0.1) is 5.41 Å². The van der Waals surface area contributed by atoms with Gasteiger partial charge in [0.2, 0.25) is 0 Å². The predicted octanol–water partition coefficient (Wildman–Crippen LogP) is 24.5. The van der Waals surface area contributed by atoms with Gasteiger partial charge in [0.1, 0.15) is 22.4 Å². The van der Waals surface area contributed by atoms with Crippen LogP contribution in [0.2, 0.25) is 0 Å². The Balaban J connectivity index is 0.00000139. The molecule has 0 spiro atoms. The summed E-state index contributed by atoms with van der Waals surface area (Å²) in [4.78, 5) is 49.4. The quantitative estimate of drug-likeness (QED) is 0.0151. The Bertz CT molecular complexity index is 2760. The van der Waals surface area contributed by atoms with E-state index in [1.54, 1.807) is 0 Å². The maximum Gasteiger partial charge on any atom is 0.490 e. The van der Waals surface area contributed by atoms with Crippen molar-refractivity contribution in [2.45, 2.75) is 346 Å². The van der Waals surface area contributed by atoms with Crippen LogP contribution < -0.4 is 4.74 Å². The summed E-state index contributed by atoms with van der Waals surface area (Å²) in [5.74, 6) is 0.749. The molecule has 0 saturated heterocycles. The monoisotopic (exact) mass is 1510 g/mol. The van der Waals surface area contributed by atoms with E-state index in [9.17, 15) is 23.4 Å².